The summed E-state index contributed by atoms with van der Waals surface area (Å²) in [4.78, 5) is 11.5. The second-order valence-electron chi connectivity index (χ2n) is 5.42. The fourth-order valence-electron chi connectivity index (χ4n) is 1.93. The maximum atomic E-state index is 13.3. The highest BCUT2D eigenvalue weighted by molar-refractivity contribution is 7.91. The Balaban J connectivity index is 1.92. The van der Waals surface area contributed by atoms with Crippen molar-refractivity contribution in [2.75, 3.05) is 5.75 Å². The van der Waals surface area contributed by atoms with Gasteiger partial charge in [-0.25, -0.2) is 12.8 Å². The van der Waals surface area contributed by atoms with E-state index < -0.39 is 27.3 Å². The smallest absolute Gasteiger partial charge is 0.307 e. The van der Waals surface area contributed by atoms with Crippen LogP contribution >= 0.6 is 0 Å². The molecule has 122 valence electrons. The average Bonchev–Trinajstić information content (AvgIpc) is 3.15. The molecule has 0 amide bonds. The molecule has 1 aliphatic carbocycles. The van der Waals surface area contributed by atoms with Crippen LogP contribution in [0.3, 0.4) is 0 Å². The number of sulfone groups is 1. The van der Waals surface area contributed by atoms with E-state index in [1.165, 1.54) is 12.1 Å². The van der Waals surface area contributed by atoms with E-state index >= 15 is 0 Å². The number of nitrogens with two attached hydrogens (primary N) is 2. The van der Waals surface area contributed by atoms with Crippen molar-refractivity contribution in [3.63, 3.8) is 0 Å². The monoisotopic (exact) mass is 330 g/mol. The lowest BCUT2D eigenvalue weighted by Gasteiger charge is -2.11. The van der Waals surface area contributed by atoms with Gasteiger partial charge in [-0.2, -0.15) is 0 Å². The molecular weight excluding hydrogens is 311 g/mol. The highest BCUT2D eigenvalue weighted by atomic mass is 32.2. The predicted octanol–water partition coefficient (Wildman–Crippen LogP) is 0.830. The van der Waals surface area contributed by atoms with Crippen molar-refractivity contribution in [2.24, 2.45) is 11.5 Å². The summed E-state index contributed by atoms with van der Waals surface area (Å²) >= 11 is 0. The van der Waals surface area contributed by atoms with Gasteiger partial charge < -0.3 is 10.5 Å². The van der Waals surface area contributed by atoms with Crippen molar-refractivity contribution >= 4 is 15.8 Å². The second-order valence-corrected chi connectivity index (χ2v) is 7.53. The lowest BCUT2D eigenvalue weighted by Crippen LogP contribution is -2.29. The molecule has 0 heterocycles. The minimum Gasteiger partial charge on any atom is -0.444 e. The van der Waals surface area contributed by atoms with Crippen molar-refractivity contribution < 1.29 is 22.3 Å². The van der Waals surface area contributed by atoms with Crippen LogP contribution in [0.1, 0.15) is 31.2 Å². The first-order valence-electron chi connectivity index (χ1n) is 6.98. The van der Waals surface area contributed by atoms with Crippen molar-refractivity contribution in [3.8, 4) is 0 Å². The number of carbonyl (C=O) groups excluding carboxylic acids is 1. The van der Waals surface area contributed by atoms with Gasteiger partial charge >= 0.3 is 5.97 Å². The molecule has 1 saturated carbocycles. The maximum absolute atomic E-state index is 13.3. The second kappa shape index (κ2) is 6.31. The molecule has 0 bridgehead atoms. The molecule has 22 heavy (non-hydrogen) atoms. The molecule has 1 aromatic rings. The van der Waals surface area contributed by atoms with E-state index in [-0.39, 0.29) is 35.6 Å². The van der Waals surface area contributed by atoms with Gasteiger partial charge in [0.25, 0.3) is 0 Å². The van der Waals surface area contributed by atoms with Crippen molar-refractivity contribution in [1.82, 2.24) is 0 Å². The molecule has 0 atom stereocenters. The SMILES string of the molecule is NCc1cc(S(=O)(=O)CCCC(=O)OC2(N)CC2)ccc1F. The molecule has 2 rings (SSSR count). The van der Waals surface area contributed by atoms with Gasteiger partial charge in [0.1, 0.15) is 5.82 Å². The summed E-state index contributed by atoms with van der Waals surface area (Å²) < 4.78 is 42.6. The first-order valence-corrected chi connectivity index (χ1v) is 8.63. The molecular formula is C14H19FN2O4S. The minimum absolute atomic E-state index is 0.000190. The van der Waals surface area contributed by atoms with Gasteiger partial charge in [0, 0.05) is 31.4 Å². The average molecular weight is 330 g/mol. The van der Waals surface area contributed by atoms with Crippen LogP contribution in [0.25, 0.3) is 0 Å². The molecule has 0 radical (unpaired) electrons. The highest BCUT2D eigenvalue weighted by Crippen LogP contribution is 2.33. The van der Waals surface area contributed by atoms with Crippen LogP contribution in [0.5, 0.6) is 0 Å². The molecule has 0 saturated heterocycles. The largest absolute Gasteiger partial charge is 0.444 e. The number of ether oxygens (including phenoxy) is 1. The van der Waals surface area contributed by atoms with E-state index in [0.29, 0.717) is 12.8 Å². The van der Waals surface area contributed by atoms with Crippen LogP contribution in [0.15, 0.2) is 23.1 Å². The Morgan fingerprint density at radius 3 is 2.64 bits per heavy atom. The third-order valence-corrected chi connectivity index (χ3v) is 5.25. The molecule has 0 aliphatic heterocycles. The van der Waals surface area contributed by atoms with Crippen LogP contribution in [-0.2, 0) is 25.9 Å². The zero-order chi connectivity index (χ0) is 16.4. The third kappa shape index (κ3) is 4.25. The lowest BCUT2D eigenvalue weighted by atomic mass is 10.2. The van der Waals surface area contributed by atoms with E-state index in [1.807, 2.05) is 0 Å². The van der Waals surface area contributed by atoms with E-state index in [1.54, 1.807) is 0 Å². The maximum Gasteiger partial charge on any atom is 0.307 e. The molecule has 1 aliphatic rings. The Morgan fingerprint density at radius 2 is 2.05 bits per heavy atom. The molecule has 0 aromatic heterocycles. The zero-order valence-electron chi connectivity index (χ0n) is 12.0. The molecule has 1 fully saturated rings. The molecule has 0 spiro atoms. The predicted molar refractivity (Wildman–Crippen MR) is 77.8 cm³/mol. The van der Waals surface area contributed by atoms with Gasteiger partial charge in [-0.05, 0) is 24.6 Å². The van der Waals surface area contributed by atoms with Crippen molar-refractivity contribution in [3.05, 3.63) is 29.6 Å². The summed E-state index contributed by atoms with van der Waals surface area (Å²) in [6, 6.07) is 3.50. The number of halogens is 1. The fourth-order valence-corrected chi connectivity index (χ4v) is 3.29. The zero-order valence-corrected chi connectivity index (χ0v) is 12.9. The Hall–Kier alpha value is -1.51. The standard InChI is InChI=1S/C14H19FN2O4S/c15-12-4-3-11(8-10(12)9-16)22(19,20)7-1-2-13(18)21-14(17)5-6-14/h3-4,8H,1-2,5-7,9,16-17H2. The van der Waals surface area contributed by atoms with E-state index in [4.69, 9.17) is 16.2 Å². The van der Waals surface area contributed by atoms with Crippen LogP contribution in [0.4, 0.5) is 4.39 Å². The van der Waals surface area contributed by atoms with Gasteiger partial charge in [-0.15, -0.1) is 0 Å². The Morgan fingerprint density at radius 1 is 1.36 bits per heavy atom. The minimum atomic E-state index is -3.59. The summed E-state index contributed by atoms with van der Waals surface area (Å²) in [6.07, 6.45) is 1.36. The molecule has 1 aromatic carbocycles. The number of carbonyl (C=O) groups is 1. The van der Waals surface area contributed by atoms with Crippen LogP contribution < -0.4 is 11.5 Å². The van der Waals surface area contributed by atoms with Gasteiger partial charge in [-0.3, -0.25) is 10.5 Å². The molecule has 6 nitrogen and oxygen atoms in total. The Kier molecular flexibility index (Phi) is 4.84. The number of esters is 1. The summed E-state index contributed by atoms with van der Waals surface area (Å²) in [6.45, 7) is -0.0832. The summed E-state index contributed by atoms with van der Waals surface area (Å²) in [5.74, 6) is -1.27. The van der Waals surface area contributed by atoms with Gasteiger partial charge in [0.15, 0.2) is 15.6 Å². The van der Waals surface area contributed by atoms with Crippen LogP contribution in [-0.4, -0.2) is 25.9 Å². The third-order valence-electron chi connectivity index (χ3n) is 3.45. The summed E-state index contributed by atoms with van der Waals surface area (Å²) in [5, 5.41) is 0. The van der Waals surface area contributed by atoms with E-state index in [2.05, 4.69) is 0 Å². The summed E-state index contributed by atoms with van der Waals surface area (Å²) in [7, 11) is -3.59. The number of hydrogen-bond donors (Lipinski definition) is 2. The highest BCUT2D eigenvalue weighted by Gasteiger charge is 2.42. The normalized spacial score (nSPS) is 16.3. The molecule has 4 N–H and O–H groups in total. The first-order chi connectivity index (χ1) is 10.3. The van der Waals surface area contributed by atoms with Crippen LogP contribution in [0.2, 0.25) is 0 Å². The summed E-state index contributed by atoms with van der Waals surface area (Å²) in [5.41, 5.74) is 10.3. The van der Waals surface area contributed by atoms with Crippen molar-refractivity contribution in [1.29, 1.82) is 0 Å². The van der Waals surface area contributed by atoms with E-state index in [9.17, 15) is 17.6 Å². The van der Waals surface area contributed by atoms with Gasteiger partial charge in [-0.1, -0.05) is 0 Å². The Labute approximate surface area is 128 Å². The van der Waals surface area contributed by atoms with Crippen molar-refractivity contribution in [2.45, 2.75) is 42.8 Å². The number of benzene rings is 1. The number of rotatable bonds is 7. The Bertz CT molecular complexity index is 671. The van der Waals surface area contributed by atoms with E-state index in [0.717, 1.165) is 6.07 Å². The molecule has 8 heteroatoms. The number of hydrogen-bond acceptors (Lipinski definition) is 6. The van der Waals surface area contributed by atoms with Crippen LogP contribution in [0, 0.1) is 5.82 Å². The topological polar surface area (TPSA) is 112 Å². The fraction of sp³-hybridized carbons (Fsp3) is 0.500. The lowest BCUT2D eigenvalue weighted by molar-refractivity contribution is -0.150. The van der Waals surface area contributed by atoms with Gasteiger partial charge in [0.2, 0.25) is 0 Å². The first kappa shape index (κ1) is 16.9. The van der Waals surface area contributed by atoms with Gasteiger partial charge in [0.05, 0.1) is 10.6 Å². The quantitative estimate of drug-likeness (QED) is 0.435. The molecule has 0 unspecified atom stereocenters.